The molecule has 1 aromatic rings. The number of hydrogen-bond acceptors (Lipinski definition) is 3. The average Bonchev–Trinajstić information content (AvgIpc) is 2.85. The molecule has 1 heterocycles. The Balaban J connectivity index is 2.31. The van der Waals surface area contributed by atoms with Crippen LogP contribution in [-0.2, 0) is 6.18 Å². The second-order valence-electron chi connectivity index (χ2n) is 3.40. The van der Waals surface area contributed by atoms with Crippen LogP contribution in [-0.4, -0.2) is 16.0 Å². The molecule has 1 aliphatic rings. The van der Waals surface area contributed by atoms with E-state index in [1.165, 1.54) is 0 Å². The van der Waals surface area contributed by atoms with Crippen LogP contribution in [0.2, 0.25) is 0 Å². The third-order valence-electron chi connectivity index (χ3n) is 1.95. The number of nitrogens with one attached hydrogen (secondary N) is 2. The summed E-state index contributed by atoms with van der Waals surface area (Å²) in [4.78, 5) is 16.4. The monoisotopic (exact) mass is 219 g/mol. The molecule has 0 bridgehead atoms. The van der Waals surface area contributed by atoms with Crippen LogP contribution < -0.4 is 10.9 Å². The summed E-state index contributed by atoms with van der Waals surface area (Å²) in [6.45, 7) is 0. The highest BCUT2D eigenvalue weighted by molar-refractivity contribution is 5.29. The minimum Gasteiger partial charge on any atom is -0.353 e. The van der Waals surface area contributed by atoms with Crippen molar-refractivity contribution >= 4 is 5.95 Å². The van der Waals surface area contributed by atoms with Gasteiger partial charge in [-0.05, 0) is 12.8 Å². The maximum atomic E-state index is 12.3. The fraction of sp³-hybridized carbons (Fsp3) is 0.500. The quantitative estimate of drug-likeness (QED) is 0.789. The molecule has 1 fully saturated rings. The standard InChI is InChI=1S/C8H8F3N3O/c9-8(10,11)5-3-6(15)14-7(13-5)12-4-1-2-4/h3-4H,1-2H2,(H2,12,13,14,15). The van der Waals surface area contributed by atoms with E-state index < -0.39 is 17.4 Å². The van der Waals surface area contributed by atoms with Crippen molar-refractivity contribution in [2.24, 2.45) is 0 Å². The van der Waals surface area contributed by atoms with Crippen molar-refractivity contribution in [1.82, 2.24) is 9.97 Å². The molecule has 0 unspecified atom stereocenters. The molecule has 4 nitrogen and oxygen atoms in total. The summed E-state index contributed by atoms with van der Waals surface area (Å²) >= 11 is 0. The molecule has 1 aliphatic carbocycles. The van der Waals surface area contributed by atoms with E-state index >= 15 is 0 Å². The van der Waals surface area contributed by atoms with Gasteiger partial charge in [-0.15, -0.1) is 0 Å². The Labute approximate surface area is 82.5 Å². The van der Waals surface area contributed by atoms with Gasteiger partial charge in [-0.25, -0.2) is 4.98 Å². The Bertz CT molecular complexity index is 422. The minimum absolute atomic E-state index is 0.114. The molecule has 0 aromatic carbocycles. The topological polar surface area (TPSA) is 57.8 Å². The number of halogens is 3. The molecule has 1 aromatic heterocycles. The van der Waals surface area contributed by atoms with Gasteiger partial charge in [0.05, 0.1) is 0 Å². The zero-order chi connectivity index (χ0) is 11.1. The highest BCUT2D eigenvalue weighted by Gasteiger charge is 2.34. The lowest BCUT2D eigenvalue weighted by Crippen LogP contribution is -2.19. The Morgan fingerprint density at radius 1 is 1.47 bits per heavy atom. The van der Waals surface area contributed by atoms with Gasteiger partial charge in [0.15, 0.2) is 5.69 Å². The molecule has 2 rings (SSSR count). The van der Waals surface area contributed by atoms with E-state index in [-0.39, 0.29) is 12.0 Å². The first-order valence-electron chi connectivity index (χ1n) is 4.40. The maximum absolute atomic E-state index is 12.3. The van der Waals surface area contributed by atoms with Gasteiger partial charge in [0.2, 0.25) is 5.95 Å². The van der Waals surface area contributed by atoms with Crippen molar-refractivity contribution in [2.45, 2.75) is 25.1 Å². The lowest BCUT2D eigenvalue weighted by Gasteiger charge is -2.07. The summed E-state index contributed by atoms with van der Waals surface area (Å²) in [5.74, 6) is -0.114. The highest BCUT2D eigenvalue weighted by atomic mass is 19.4. The Morgan fingerprint density at radius 3 is 2.67 bits per heavy atom. The zero-order valence-electron chi connectivity index (χ0n) is 7.56. The highest BCUT2D eigenvalue weighted by Crippen LogP contribution is 2.28. The number of anilines is 1. The first kappa shape index (κ1) is 10.0. The van der Waals surface area contributed by atoms with Crippen molar-refractivity contribution in [3.63, 3.8) is 0 Å². The van der Waals surface area contributed by atoms with E-state index in [0.29, 0.717) is 6.07 Å². The normalized spacial score (nSPS) is 16.5. The lowest BCUT2D eigenvalue weighted by molar-refractivity contribution is -0.141. The summed E-state index contributed by atoms with van der Waals surface area (Å²) in [6, 6.07) is 0.578. The molecule has 0 amide bonds. The van der Waals surface area contributed by atoms with Gasteiger partial charge in [-0.1, -0.05) is 0 Å². The maximum Gasteiger partial charge on any atom is 0.433 e. The van der Waals surface area contributed by atoms with Crippen molar-refractivity contribution in [3.8, 4) is 0 Å². The van der Waals surface area contributed by atoms with Gasteiger partial charge >= 0.3 is 6.18 Å². The number of nitrogens with zero attached hydrogens (tertiary/aromatic N) is 1. The molecule has 0 aliphatic heterocycles. The van der Waals surface area contributed by atoms with E-state index in [2.05, 4.69) is 15.3 Å². The average molecular weight is 219 g/mol. The fourth-order valence-electron chi connectivity index (χ4n) is 1.09. The second-order valence-corrected chi connectivity index (χ2v) is 3.40. The molecule has 82 valence electrons. The molecule has 0 saturated heterocycles. The minimum atomic E-state index is -4.59. The van der Waals surface area contributed by atoms with Gasteiger partial charge in [-0.2, -0.15) is 13.2 Å². The summed E-state index contributed by atoms with van der Waals surface area (Å²) in [6.07, 6.45) is -2.81. The van der Waals surface area contributed by atoms with E-state index in [9.17, 15) is 18.0 Å². The van der Waals surface area contributed by atoms with E-state index in [4.69, 9.17) is 0 Å². The lowest BCUT2D eigenvalue weighted by atomic mass is 10.4. The molecular formula is C8H8F3N3O. The Kier molecular flexibility index (Phi) is 2.17. The molecule has 0 spiro atoms. The predicted molar refractivity (Wildman–Crippen MR) is 46.5 cm³/mol. The van der Waals surface area contributed by atoms with Crippen LogP contribution in [0.3, 0.4) is 0 Å². The first-order chi connectivity index (χ1) is 6.95. The largest absolute Gasteiger partial charge is 0.433 e. The van der Waals surface area contributed by atoms with Gasteiger partial charge in [0, 0.05) is 12.1 Å². The number of aromatic nitrogens is 2. The molecule has 7 heteroatoms. The molecule has 15 heavy (non-hydrogen) atoms. The van der Waals surface area contributed by atoms with Gasteiger partial charge in [0.25, 0.3) is 5.56 Å². The second kappa shape index (κ2) is 3.25. The van der Waals surface area contributed by atoms with Crippen LogP contribution in [0.15, 0.2) is 10.9 Å². The Hall–Kier alpha value is -1.53. The van der Waals surface area contributed by atoms with E-state index in [1.54, 1.807) is 0 Å². The van der Waals surface area contributed by atoms with Crippen LogP contribution in [0.5, 0.6) is 0 Å². The van der Waals surface area contributed by atoms with Crippen LogP contribution >= 0.6 is 0 Å². The third-order valence-corrected chi connectivity index (χ3v) is 1.95. The summed E-state index contributed by atoms with van der Waals surface area (Å²) < 4.78 is 36.8. The number of aromatic amines is 1. The van der Waals surface area contributed by atoms with E-state index in [0.717, 1.165) is 12.8 Å². The Morgan fingerprint density at radius 2 is 2.13 bits per heavy atom. The van der Waals surface area contributed by atoms with E-state index in [1.807, 2.05) is 0 Å². The third kappa shape index (κ3) is 2.48. The number of alkyl halides is 3. The van der Waals surface area contributed by atoms with Crippen molar-refractivity contribution < 1.29 is 13.2 Å². The molecule has 0 atom stereocenters. The number of hydrogen-bond donors (Lipinski definition) is 2. The van der Waals surface area contributed by atoms with Crippen LogP contribution in [0.4, 0.5) is 19.1 Å². The van der Waals surface area contributed by atoms with Crippen LogP contribution in [0.25, 0.3) is 0 Å². The summed E-state index contributed by atoms with van der Waals surface area (Å²) in [7, 11) is 0. The smallest absolute Gasteiger partial charge is 0.353 e. The van der Waals surface area contributed by atoms with Gasteiger partial charge in [0.1, 0.15) is 0 Å². The zero-order valence-corrected chi connectivity index (χ0v) is 7.56. The first-order valence-corrected chi connectivity index (χ1v) is 4.40. The van der Waals surface area contributed by atoms with Crippen molar-refractivity contribution in [3.05, 3.63) is 22.1 Å². The molecule has 1 saturated carbocycles. The van der Waals surface area contributed by atoms with Crippen LogP contribution in [0.1, 0.15) is 18.5 Å². The van der Waals surface area contributed by atoms with Gasteiger partial charge < -0.3 is 5.32 Å². The molecule has 2 N–H and O–H groups in total. The number of rotatable bonds is 2. The van der Waals surface area contributed by atoms with Crippen molar-refractivity contribution in [1.29, 1.82) is 0 Å². The summed E-state index contributed by atoms with van der Waals surface area (Å²) in [5.41, 5.74) is -1.98. The predicted octanol–water partition coefficient (Wildman–Crippen LogP) is 1.36. The molecule has 0 radical (unpaired) electrons. The molecular weight excluding hydrogens is 211 g/mol. The fourth-order valence-corrected chi connectivity index (χ4v) is 1.09. The van der Waals surface area contributed by atoms with Crippen molar-refractivity contribution in [2.75, 3.05) is 5.32 Å². The summed E-state index contributed by atoms with van der Waals surface area (Å²) in [5, 5.41) is 2.70. The van der Waals surface area contributed by atoms with Gasteiger partial charge in [-0.3, -0.25) is 9.78 Å². The SMILES string of the molecule is O=c1cc(C(F)(F)F)nc(NC2CC2)[nH]1. The van der Waals surface area contributed by atoms with Crippen LogP contribution in [0, 0.1) is 0 Å². The number of H-pyrrole nitrogens is 1.